The van der Waals surface area contributed by atoms with Crippen LogP contribution in [0, 0.1) is 0 Å². The molecular formula is C21H24N2O7S. The number of nitrogens with one attached hydrogen (secondary N) is 1. The average Bonchev–Trinajstić information content (AvgIpc) is 2.79. The largest absolute Gasteiger partial charge is 0.495 e. The fraction of sp³-hybridized carbons (Fsp3) is 0.381. The van der Waals surface area contributed by atoms with Crippen molar-refractivity contribution in [3.05, 3.63) is 42.5 Å². The standard InChI is InChI=1S/C21H24N2O7S/c1-14-20(30-17-6-4-3-5-16(17)29-14)21(24)22-15-7-8-18(27-2)19(13-15)31(25,26)23-9-11-28-12-10-23/h3-8,13-14,20H,9-12H2,1-2H3,(H,22,24)/t14-,20-/m0/s1. The van der Waals surface area contributed by atoms with Gasteiger partial charge < -0.3 is 24.3 Å². The number of anilines is 1. The number of para-hydroxylation sites is 2. The monoisotopic (exact) mass is 448 g/mol. The van der Waals surface area contributed by atoms with E-state index in [0.29, 0.717) is 30.4 Å². The molecule has 1 amide bonds. The number of methoxy groups -OCH3 is 1. The van der Waals surface area contributed by atoms with Crippen LogP contribution in [-0.2, 0) is 19.6 Å². The molecule has 0 spiro atoms. The number of carbonyl (C=O) groups excluding carboxylic acids is 1. The lowest BCUT2D eigenvalue weighted by Crippen LogP contribution is -2.46. The SMILES string of the molecule is COc1ccc(NC(=O)[C@H]2Oc3ccccc3O[C@H]2C)cc1S(=O)(=O)N1CCOCC1. The number of rotatable bonds is 5. The molecule has 0 aromatic heterocycles. The molecule has 9 nitrogen and oxygen atoms in total. The molecule has 0 saturated carbocycles. The van der Waals surface area contributed by atoms with Crippen molar-refractivity contribution in [3.8, 4) is 17.2 Å². The van der Waals surface area contributed by atoms with Gasteiger partial charge in [0.15, 0.2) is 11.5 Å². The van der Waals surface area contributed by atoms with Gasteiger partial charge in [0, 0.05) is 18.8 Å². The summed E-state index contributed by atoms with van der Waals surface area (Å²) in [5.74, 6) is 0.805. The van der Waals surface area contributed by atoms with E-state index in [2.05, 4.69) is 5.32 Å². The Balaban J connectivity index is 1.56. The van der Waals surface area contributed by atoms with Crippen LogP contribution in [0.2, 0.25) is 0 Å². The third-order valence-corrected chi connectivity index (χ3v) is 7.04. The smallest absolute Gasteiger partial charge is 0.269 e. The van der Waals surface area contributed by atoms with E-state index >= 15 is 0 Å². The van der Waals surface area contributed by atoms with Crippen molar-refractivity contribution in [3.63, 3.8) is 0 Å². The van der Waals surface area contributed by atoms with E-state index in [1.807, 2.05) is 6.07 Å². The van der Waals surface area contributed by atoms with Gasteiger partial charge >= 0.3 is 0 Å². The van der Waals surface area contributed by atoms with Gasteiger partial charge in [0.2, 0.25) is 16.1 Å². The first-order chi connectivity index (χ1) is 14.9. The fourth-order valence-electron chi connectivity index (χ4n) is 3.50. The van der Waals surface area contributed by atoms with Gasteiger partial charge in [0.1, 0.15) is 16.7 Å². The average molecular weight is 448 g/mol. The van der Waals surface area contributed by atoms with Gasteiger partial charge in [0.05, 0.1) is 20.3 Å². The van der Waals surface area contributed by atoms with Gasteiger partial charge in [-0.2, -0.15) is 4.31 Å². The highest BCUT2D eigenvalue weighted by atomic mass is 32.2. The van der Waals surface area contributed by atoms with Gasteiger partial charge in [-0.3, -0.25) is 4.79 Å². The molecule has 2 aliphatic rings. The number of morpholine rings is 1. The highest BCUT2D eigenvalue weighted by molar-refractivity contribution is 7.89. The first kappa shape index (κ1) is 21.4. The minimum atomic E-state index is -3.82. The maximum Gasteiger partial charge on any atom is 0.269 e. The van der Waals surface area contributed by atoms with Gasteiger partial charge in [-0.15, -0.1) is 0 Å². The summed E-state index contributed by atoms with van der Waals surface area (Å²) in [5.41, 5.74) is 0.312. The molecule has 10 heteroatoms. The zero-order valence-corrected chi connectivity index (χ0v) is 18.1. The lowest BCUT2D eigenvalue weighted by atomic mass is 10.1. The van der Waals surface area contributed by atoms with E-state index in [-0.39, 0.29) is 23.7 Å². The Morgan fingerprint density at radius 1 is 1.10 bits per heavy atom. The summed E-state index contributed by atoms with van der Waals surface area (Å²) < 4.78 is 49.7. The molecule has 1 N–H and O–H groups in total. The number of sulfonamides is 1. The second-order valence-corrected chi connectivity index (χ2v) is 9.09. The maximum atomic E-state index is 13.1. The van der Waals surface area contributed by atoms with Crippen LogP contribution in [0.4, 0.5) is 5.69 Å². The lowest BCUT2D eigenvalue weighted by molar-refractivity contribution is -0.128. The number of carbonyl (C=O) groups is 1. The Labute approximate surface area is 180 Å². The Bertz CT molecular complexity index is 1070. The van der Waals surface area contributed by atoms with Crippen molar-refractivity contribution >= 4 is 21.6 Å². The van der Waals surface area contributed by atoms with Crippen molar-refractivity contribution in [2.75, 3.05) is 38.7 Å². The summed E-state index contributed by atoms with van der Waals surface area (Å²) in [6, 6.07) is 11.6. The number of fused-ring (bicyclic) bond motifs is 1. The molecule has 0 aliphatic carbocycles. The minimum Gasteiger partial charge on any atom is -0.495 e. The number of benzene rings is 2. The topological polar surface area (TPSA) is 103 Å². The van der Waals surface area contributed by atoms with E-state index in [4.69, 9.17) is 18.9 Å². The molecule has 2 aromatic rings. The summed E-state index contributed by atoms with van der Waals surface area (Å²) in [6.07, 6.45) is -1.42. The Morgan fingerprint density at radius 3 is 2.45 bits per heavy atom. The molecule has 1 fully saturated rings. The molecule has 166 valence electrons. The molecule has 0 radical (unpaired) electrons. The van der Waals surface area contributed by atoms with Crippen LogP contribution in [0.15, 0.2) is 47.4 Å². The molecule has 2 aliphatic heterocycles. The van der Waals surface area contributed by atoms with Crippen LogP contribution < -0.4 is 19.5 Å². The Morgan fingerprint density at radius 2 is 1.77 bits per heavy atom. The molecule has 2 heterocycles. The van der Waals surface area contributed by atoms with E-state index in [9.17, 15) is 13.2 Å². The number of amides is 1. The molecule has 4 rings (SSSR count). The zero-order valence-electron chi connectivity index (χ0n) is 17.2. The highest BCUT2D eigenvalue weighted by Gasteiger charge is 2.35. The summed E-state index contributed by atoms with van der Waals surface area (Å²) in [5, 5.41) is 2.73. The van der Waals surface area contributed by atoms with Crippen molar-refractivity contribution < 1.29 is 32.2 Å². The fourth-order valence-corrected chi connectivity index (χ4v) is 5.09. The van der Waals surface area contributed by atoms with E-state index in [1.165, 1.54) is 23.5 Å². The van der Waals surface area contributed by atoms with Gasteiger partial charge in [-0.1, -0.05) is 12.1 Å². The maximum absolute atomic E-state index is 13.1. The molecule has 1 saturated heterocycles. The second kappa shape index (κ2) is 8.74. The predicted octanol–water partition coefficient (Wildman–Crippen LogP) is 1.88. The van der Waals surface area contributed by atoms with Crippen LogP contribution in [0.3, 0.4) is 0 Å². The Hall–Kier alpha value is -2.82. The van der Waals surface area contributed by atoms with Crippen molar-refractivity contribution in [2.45, 2.75) is 24.0 Å². The van der Waals surface area contributed by atoms with Crippen LogP contribution in [0.25, 0.3) is 0 Å². The predicted molar refractivity (Wildman–Crippen MR) is 112 cm³/mol. The number of hydrogen-bond acceptors (Lipinski definition) is 7. The minimum absolute atomic E-state index is 0.0195. The van der Waals surface area contributed by atoms with Crippen LogP contribution in [-0.4, -0.2) is 64.3 Å². The van der Waals surface area contributed by atoms with E-state index in [1.54, 1.807) is 31.2 Å². The van der Waals surface area contributed by atoms with Gasteiger partial charge in [-0.05, 0) is 37.3 Å². The second-order valence-electron chi connectivity index (χ2n) is 7.18. The van der Waals surface area contributed by atoms with Crippen LogP contribution in [0.1, 0.15) is 6.92 Å². The first-order valence-electron chi connectivity index (χ1n) is 9.89. The lowest BCUT2D eigenvalue weighted by Gasteiger charge is -2.31. The molecule has 2 aromatic carbocycles. The van der Waals surface area contributed by atoms with Gasteiger partial charge in [-0.25, -0.2) is 8.42 Å². The molecule has 0 bridgehead atoms. The van der Waals surface area contributed by atoms with Crippen LogP contribution >= 0.6 is 0 Å². The van der Waals surface area contributed by atoms with Gasteiger partial charge in [0.25, 0.3) is 5.91 Å². The summed E-state index contributed by atoms with van der Waals surface area (Å²) in [4.78, 5) is 12.9. The third kappa shape index (κ3) is 4.32. The van der Waals surface area contributed by atoms with Crippen LogP contribution in [0.5, 0.6) is 17.2 Å². The van der Waals surface area contributed by atoms with Crippen molar-refractivity contribution in [1.29, 1.82) is 0 Å². The zero-order chi connectivity index (χ0) is 22.0. The number of ether oxygens (including phenoxy) is 4. The molecular weight excluding hydrogens is 424 g/mol. The highest BCUT2D eigenvalue weighted by Crippen LogP contribution is 2.34. The third-order valence-electron chi connectivity index (χ3n) is 5.12. The molecule has 2 atom stereocenters. The van der Waals surface area contributed by atoms with E-state index in [0.717, 1.165) is 0 Å². The first-order valence-corrected chi connectivity index (χ1v) is 11.3. The normalized spacial score (nSPS) is 21.4. The van der Waals surface area contributed by atoms with Crippen molar-refractivity contribution in [2.24, 2.45) is 0 Å². The summed E-state index contributed by atoms with van der Waals surface area (Å²) in [7, 11) is -2.42. The molecule has 0 unspecified atom stereocenters. The molecule has 31 heavy (non-hydrogen) atoms. The number of hydrogen-bond donors (Lipinski definition) is 1. The number of nitrogens with zero attached hydrogens (tertiary/aromatic N) is 1. The quantitative estimate of drug-likeness (QED) is 0.745. The van der Waals surface area contributed by atoms with Crippen molar-refractivity contribution in [1.82, 2.24) is 4.31 Å². The Kier molecular flexibility index (Phi) is 6.03. The van der Waals surface area contributed by atoms with E-state index < -0.39 is 28.1 Å². The summed E-state index contributed by atoms with van der Waals surface area (Å²) in [6.45, 7) is 2.91. The summed E-state index contributed by atoms with van der Waals surface area (Å²) >= 11 is 0.